The van der Waals surface area contributed by atoms with E-state index in [2.05, 4.69) is 20.0 Å². The van der Waals surface area contributed by atoms with Crippen molar-refractivity contribution >= 4 is 5.82 Å². The molecule has 100 valence electrons. The highest BCUT2D eigenvalue weighted by atomic mass is 16.5. The molecule has 6 nitrogen and oxygen atoms in total. The number of rotatable bonds is 2. The van der Waals surface area contributed by atoms with Gasteiger partial charge in [0.1, 0.15) is 5.82 Å². The number of hydrogen-bond acceptors (Lipinski definition) is 6. The number of aromatic nitrogens is 3. The Morgan fingerprint density at radius 2 is 2.37 bits per heavy atom. The molecule has 0 saturated carbocycles. The van der Waals surface area contributed by atoms with Crippen molar-refractivity contribution in [3.8, 4) is 11.5 Å². The van der Waals surface area contributed by atoms with Gasteiger partial charge in [0.05, 0.1) is 6.10 Å². The van der Waals surface area contributed by atoms with Gasteiger partial charge in [-0.05, 0) is 31.9 Å². The molecule has 6 heteroatoms. The van der Waals surface area contributed by atoms with Crippen LogP contribution >= 0.6 is 0 Å². The predicted octanol–water partition coefficient (Wildman–Crippen LogP) is 1.40. The molecule has 2 aromatic rings. The summed E-state index contributed by atoms with van der Waals surface area (Å²) >= 11 is 0. The molecule has 0 aromatic carbocycles. The Morgan fingerprint density at radius 3 is 3.11 bits per heavy atom. The van der Waals surface area contributed by atoms with Gasteiger partial charge in [-0.2, -0.15) is 4.98 Å². The van der Waals surface area contributed by atoms with Crippen molar-refractivity contribution in [2.45, 2.75) is 25.9 Å². The maximum absolute atomic E-state index is 9.72. The number of anilines is 1. The molecule has 1 fully saturated rings. The zero-order valence-electron chi connectivity index (χ0n) is 10.8. The van der Waals surface area contributed by atoms with Gasteiger partial charge in [0.25, 0.3) is 5.89 Å². The first-order valence-electron chi connectivity index (χ1n) is 6.42. The number of piperidine rings is 1. The van der Waals surface area contributed by atoms with Crippen LogP contribution in [0.2, 0.25) is 0 Å². The number of β-amino-alcohol motifs (C(OH)–C–C–N with tert-alkyl or cyclic N) is 1. The van der Waals surface area contributed by atoms with Gasteiger partial charge in [-0.3, -0.25) is 0 Å². The van der Waals surface area contributed by atoms with Gasteiger partial charge < -0.3 is 14.5 Å². The lowest BCUT2D eigenvalue weighted by atomic mass is 10.1. The normalized spacial score (nSPS) is 19.7. The van der Waals surface area contributed by atoms with Crippen LogP contribution in [0, 0.1) is 6.92 Å². The lowest BCUT2D eigenvalue weighted by Crippen LogP contribution is -2.38. The van der Waals surface area contributed by atoms with Crippen LogP contribution in [0.15, 0.2) is 22.9 Å². The summed E-state index contributed by atoms with van der Waals surface area (Å²) in [6, 6.07) is 3.77. The fraction of sp³-hybridized carbons (Fsp3) is 0.462. The molecule has 1 saturated heterocycles. The highest BCUT2D eigenvalue weighted by Gasteiger charge is 2.19. The molecule has 1 aliphatic heterocycles. The lowest BCUT2D eigenvalue weighted by Gasteiger charge is -2.31. The number of pyridine rings is 1. The van der Waals surface area contributed by atoms with E-state index in [1.54, 1.807) is 13.1 Å². The van der Waals surface area contributed by atoms with E-state index >= 15 is 0 Å². The van der Waals surface area contributed by atoms with Gasteiger partial charge in [-0.1, -0.05) is 5.16 Å². The quantitative estimate of drug-likeness (QED) is 0.879. The molecule has 0 aliphatic carbocycles. The van der Waals surface area contributed by atoms with Crippen LogP contribution in [-0.2, 0) is 0 Å². The van der Waals surface area contributed by atoms with E-state index in [1.807, 2.05) is 12.1 Å². The fourth-order valence-corrected chi connectivity index (χ4v) is 2.30. The maximum atomic E-state index is 9.72. The number of nitrogens with zero attached hydrogens (tertiary/aromatic N) is 4. The molecular weight excluding hydrogens is 244 g/mol. The molecule has 0 amide bonds. The maximum Gasteiger partial charge on any atom is 0.258 e. The second-order valence-corrected chi connectivity index (χ2v) is 4.79. The molecule has 0 spiro atoms. The first-order valence-corrected chi connectivity index (χ1v) is 6.42. The average Bonchev–Trinajstić information content (AvgIpc) is 2.86. The summed E-state index contributed by atoms with van der Waals surface area (Å²) < 4.78 is 5.16. The fourth-order valence-electron chi connectivity index (χ4n) is 2.30. The summed E-state index contributed by atoms with van der Waals surface area (Å²) in [6.07, 6.45) is 3.29. The van der Waals surface area contributed by atoms with Crippen molar-refractivity contribution in [3.05, 3.63) is 24.2 Å². The van der Waals surface area contributed by atoms with Crippen LogP contribution in [0.25, 0.3) is 11.5 Å². The van der Waals surface area contributed by atoms with Crippen LogP contribution in [0.4, 0.5) is 5.82 Å². The van der Waals surface area contributed by atoms with Gasteiger partial charge in [0.15, 0.2) is 5.82 Å². The molecule has 0 bridgehead atoms. The summed E-state index contributed by atoms with van der Waals surface area (Å²) in [5, 5.41) is 13.5. The molecule has 1 unspecified atom stereocenters. The van der Waals surface area contributed by atoms with Crippen molar-refractivity contribution in [1.29, 1.82) is 0 Å². The van der Waals surface area contributed by atoms with E-state index in [4.69, 9.17) is 4.52 Å². The first-order chi connectivity index (χ1) is 9.22. The topological polar surface area (TPSA) is 75.3 Å². The molecule has 3 heterocycles. The van der Waals surface area contributed by atoms with E-state index in [-0.39, 0.29) is 6.10 Å². The van der Waals surface area contributed by atoms with Crippen LogP contribution in [0.3, 0.4) is 0 Å². The molecule has 3 rings (SSSR count). The SMILES string of the molecule is Cc1noc(-c2ccnc(N3CCCC(O)C3)c2)n1. The van der Waals surface area contributed by atoms with E-state index in [0.29, 0.717) is 18.3 Å². The van der Waals surface area contributed by atoms with Crippen LogP contribution in [0.5, 0.6) is 0 Å². The monoisotopic (exact) mass is 260 g/mol. The Bertz CT molecular complexity index is 569. The summed E-state index contributed by atoms with van der Waals surface area (Å²) in [5.74, 6) is 1.95. The van der Waals surface area contributed by atoms with Crippen LogP contribution in [0.1, 0.15) is 18.7 Å². The van der Waals surface area contributed by atoms with Gasteiger partial charge >= 0.3 is 0 Å². The Balaban J connectivity index is 1.87. The van der Waals surface area contributed by atoms with E-state index in [0.717, 1.165) is 30.8 Å². The Morgan fingerprint density at radius 1 is 1.47 bits per heavy atom. The lowest BCUT2D eigenvalue weighted by molar-refractivity contribution is 0.154. The molecule has 1 aliphatic rings. The molecule has 1 N–H and O–H groups in total. The summed E-state index contributed by atoms with van der Waals surface area (Å²) in [5.41, 5.74) is 0.852. The Kier molecular flexibility index (Phi) is 3.16. The average molecular weight is 260 g/mol. The summed E-state index contributed by atoms with van der Waals surface area (Å²) in [4.78, 5) is 10.6. The largest absolute Gasteiger partial charge is 0.391 e. The number of aryl methyl sites for hydroxylation is 1. The summed E-state index contributed by atoms with van der Waals surface area (Å²) in [6.45, 7) is 3.33. The van der Waals surface area contributed by atoms with E-state index in [1.165, 1.54) is 0 Å². The molecule has 1 atom stereocenters. The smallest absolute Gasteiger partial charge is 0.258 e. The first kappa shape index (κ1) is 12.1. The van der Waals surface area contributed by atoms with E-state index < -0.39 is 0 Å². The minimum Gasteiger partial charge on any atom is -0.391 e. The third kappa shape index (κ3) is 2.58. The number of aliphatic hydroxyl groups excluding tert-OH is 1. The minimum atomic E-state index is -0.273. The van der Waals surface area contributed by atoms with Crippen molar-refractivity contribution in [1.82, 2.24) is 15.1 Å². The molecule has 2 aromatic heterocycles. The van der Waals surface area contributed by atoms with Crippen LogP contribution in [-0.4, -0.2) is 39.4 Å². The highest BCUT2D eigenvalue weighted by molar-refractivity contribution is 5.58. The Hall–Kier alpha value is -1.95. The van der Waals surface area contributed by atoms with Crippen molar-refractivity contribution < 1.29 is 9.63 Å². The van der Waals surface area contributed by atoms with Crippen molar-refractivity contribution in [3.63, 3.8) is 0 Å². The molecular formula is C13H16N4O2. The van der Waals surface area contributed by atoms with Crippen LogP contribution < -0.4 is 4.90 Å². The second-order valence-electron chi connectivity index (χ2n) is 4.79. The van der Waals surface area contributed by atoms with Gasteiger partial charge in [0.2, 0.25) is 0 Å². The number of aliphatic hydroxyl groups is 1. The third-order valence-corrected chi connectivity index (χ3v) is 3.24. The summed E-state index contributed by atoms with van der Waals surface area (Å²) in [7, 11) is 0. The Labute approximate surface area is 111 Å². The molecule has 19 heavy (non-hydrogen) atoms. The van der Waals surface area contributed by atoms with Gasteiger partial charge in [-0.25, -0.2) is 4.98 Å². The zero-order valence-corrected chi connectivity index (χ0v) is 10.8. The predicted molar refractivity (Wildman–Crippen MR) is 69.7 cm³/mol. The third-order valence-electron chi connectivity index (χ3n) is 3.24. The molecule has 0 radical (unpaired) electrons. The zero-order chi connectivity index (χ0) is 13.2. The van der Waals surface area contributed by atoms with Crippen molar-refractivity contribution in [2.75, 3.05) is 18.0 Å². The number of hydrogen-bond donors (Lipinski definition) is 1. The van der Waals surface area contributed by atoms with Gasteiger partial charge in [-0.15, -0.1) is 0 Å². The van der Waals surface area contributed by atoms with Gasteiger partial charge in [0, 0.05) is 24.8 Å². The standard InChI is InChI=1S/C13H16N4O2/c1-9-15-13(19-16-9)10-4-5-14-12(7-10)17-6-2-3-11(18)8-17/h4-5,7,11,18H,2-3,6,8H2,1H3. The minimum absolute atomic E-state index is 0.273. The highest BCUT2D eigenvalue weighted by Crippen LogP contribution is 2.23. The van der Waals surface area contributed by atoms with Crippen molar-refractivity contribution in [2.24, 2.45) is 0 Å². The van der Waals surface area contributed by atoms with E-state index in [9.17, 15) is 5.11 Å². The second kappa shape index (κ2) is 4.97.